The molecule has 2 aliphatic carbocycles. The number of nitrogens with two attached hydrogens (primary N) is 1. The van der Waals surface area contributed by atoms with E-state index in [4.69, 9.17) is 5.73 Å². The highest BCUT2D eigenvalue weighted by Crippen LogP contribution is 2.52. The van der Waals surface area contributed by atoms with E-state index in [1.54, 1.807) is 12.1 Å². The van der Waals surface area contributed by atoms with Crippen LogP contribution in [-0.4, -0.2) is 42.8 Å². The number of benzene rings is 1. The van der Waals surface area contributed by atoms with Gasteiger partial charge in [0.25, 0.3) is 15.9 Å². The molecule has 5 rings (SSSR count). The number of aliphatic hydroxyl groups excluding tert-OH is 1. The van der Waals surface area contributed by atoms with Gasteiger partial charge in [-0.25, -0.2) is 0 Å². The summed E-state index contributed by atoms with van der Waals surface area (Å²) in [6.45, 7) is 6.89. The number of carbonyl (C=O) groups excluding carboxylic acids is 1. The molecular weight excluding hydrogens is 428 g/mol. The van der Waals surface area contributed by atoms with Crippen molar-refractivity contribution in [3.8, 4) is 0 Å². The number of rotatable bonds is 3. The fourth-order valence-corrected chi connectivity index (χ4v) is 6.51. The number of hydrogen-bond donors (Lipinski definition) is 3. The van der Waals surface area contributed by atoms with E-state index >= 15 is 0 Å². The van der Waals surface area contributed by atoms with Gasteiger partial charge in [-0.1, -0.05) is 32.9 Å². The van der Waals surface area contributed by atoms with Crippen LogP contribution in [0.5, 0.6) is 0 Å². The van der Waals surface area contributed by atoms with E-state index < -0.39 is 10.0 Å². The molecule has 32 heavy (non-hydrogen) atoms. The normalized spacial score (nSPS) is 30.2. The van der Waals surface area contributed by atoms with Gasteiger partial charge in [0, 0.05) is 24.2 Å². The molecule has 2 bridgehead atoms. The average Bonchev–Trinajstić information content (AvgIpc) is 3.29. The van der Waals surface area contributed by atoms with Crippen LogP contribution in [0.25, 0.3) is 0 Å². The van der Waals surface area contributed by atoms with Crippen molar-refractivity contribution in [1.82, 2.24) is 4.90 Å². The Morgan fingerprint density at radius 3 is 2.69 bits per heavy atom. The lowest BCUT2D eigenvalue weighted by Crippen LogP contribution is -2.54. The summed E-state index contributed by atoms with van der Waals surface area (Å²) < 4.78 is 29.6. The van der Waals surface area contributed by atoms with Crippen LogP contribution in [0.3, 0.4) is 0 Å². The predicted octanol–water partition coefficient (Wildman–Crippen LogP) is 3.06. The maximum Gasteiger partial charge on any atom is 0.286 e. The highest BCUT2D eigenvalue weighted by atomic mass is 32.2. The van der Waals surface area contributed by atoms with Gasteiger partial charge in [0.1, 0.15) is 16.2 Å². The molecule has 1 fully saturated rings. The third kappa shape index (κ3) is 3.21. The molecule has 1 aromatic rings. The van der Waals surface area contributed by atoms with Crippen molar-refractivity contribution in [2.24, 2.45) is 27.6 Å². The SMILES string of the molecule is CC(C)(C)CCN1C(=O)C(C2=NS(=O)(=O)c3cc(N)ccc3N2)=C(O)C2C3C=CC(C3)C21. The summed E-state index contributed by atoms with van der Waals surface area (Å²) in [6.07, 6.45) is 5.91. The minimum absolute atomic E-state index is 0.0232. The van der Waals surface area contributed by atoms with E-state index in [-0.39, 0.29) is 62.9 Å². The summed E-state index contributed by atoms with van der Waals surface area (Å²) in [5.74, 6) is -0.503. The van der Waals surface area contributed by atoms with Crippen molar-refractivity contribution in [2.75, 3.05) is 17.6 Å². The zero-order valence-corrected chi connectivity index (χ0v) is 19.2. The number of amidine groups is 1. The third-order valence-electron chi connectivity index (χ3n) is 6.91. The standard InChI is InChI=1S/C23H28N4O4S/c1-23(2,3)8-9-27-19-13-5-4-12(10-13)17(19)20(28)18(22(27)29)21-25-15-7-6-14(24)11-16(15)32(30,31)26-21/h4-7,11-13,17,19,28H,8-10,24H2,1-3H3,(H,25,26). The smallest absolute Gasteiger partial charge is 0.286 e. The molecule has 1 amide bonds. The Hall–Kier alpha value is -2.81. The molecule has 0 spiro atoms. The van der Waals surface area contributed by atoms with Crippen molar-refractivity contribution in [3.05, 3.63) is 41.7 Å². The topological polar surface area (TPSA) is 125 Å². The molecule has 4 atom stereocenters. The number of allylic oxidation sites excluding steroid dienone is 1. The first kappa shape index (κ1) is 21.1. The molecule has 2 heterocycles. The lowest BCUT2D eigenvalue weighted by molar-refractivity contribution is -0.132. The van der Waals surface area contributed by atoms with Gasteiger partial charge in [-0.3, -0.25) is 4.79 Å². The zero-order chi connectivity index (χ0) is 23.0. The molecular formula is C23H28N4O4S. The molecule has 1 aromatic carbocycles. The maximum atomic E-state index is 13.7. The van der Waals surface area contributed by atoms with Crippen LogP contribution in [0.15, 0.2) is 51.0 Å². The van der Waals surface area contributed by atoms with Crippen LogP contribution in [0, 0.1) is 23.2 Å². The zero-order valence-electron chi connectivity index (χ0n) is 18.4. The van der Waals surface area contributed by atoms with Crippen LogP contribution >= 0.6 is 0 Å². The first-order valence-corrected chi connectivity index (χ1v) is 12.3. The van der Waals surface area contributed by atoms with E-state index in [1.807, 2.05) is 4.90 Å². The Bertz CT molecular complexity index is 1210. The average molecular weight is 457 g/mol. The number of nitrogen functional groups attached to an aromatic ring is 1. The molecule has 0 aromatic heterocycles. The van der Waals surface area contributed by atoms with E-state index in [0.717, 1.165) is 12.8 Å². The summed E-state index contributed by atoms with van der Waals surface area (Å²) >= 11 is 0. The second-order valence-electron chi connectivity index (χ2n) is 10.3. The number of hydrogen-bond acceptors (Lipinski definition) is 6. The minimum Gasteiger partial charge on any atom is -0.511 e. The molecule has 4 unspecified atom stereocenters. The quantitative estimate of drug-likeness (QED) is 0.474. The van der Waals surface area contributed by atoms with E-state index in [1.165, 1.54) is 6.07 Å². The number of nitrogens with zero attached hydrogens (tertiary/aromatic N) is 2. The van der Waals surface area contributed by atoms with Crippen LogP contribution in [0.2, 0.25) is 0 Å². The van der Waals surface area contributed by atoms with Gasteiger partial charge in [0.15, 0.2) is 5.84 Å². The Labute approximate surface area is 187 Å². The summed E-state index contributed by atoms with van der Waals surface area (Å²) in [7, 11) is -4.08. The van der Waals surface area contributed by atoms with Crippen LogP contribution in [0.4, 0.5) is 11.4 Å². The number of aliphatic hydroxyl groups is 1. The van der Waals surface area contributed by atoms with Crippen molar-refractivity contribution in [2.45, 2.75) is 44.6 Å². The molecule has 8 nitrogen and oxygen atoms in total. The molecule has 2 aliphatic heterocycles. The molecule has 0 saturated heterocycles. The maximum absolute atomic E-state index is 13.7. The third-order valence-corrected chi connectivity index (χ3v) is 8.23. The van der Waals surface area contributed by atoms with E-state index in [2.05, 4.69) is 42.6 Å². The largest absolute Gasteiger partial charge is 0.511 e. The second kappa shape index (κ2) is 6.84. The van der Waals surface area contributed by atoms with Gasteiger partial charge >= 0.3 is 0 Å². The van der Waals surface area contributed by atoms with Gasteiger partial charge < -0.3 is 21.1 Å². The molecule has 4 N–H and O–H groups in total. The highest BCUT2D eigenvalue weighted by molar-refractivity contribution is 7.90. The van der Waals surface area contributed by atoms with Crippen LogP contribution < -0.4 is 11.1 Å². The van der Waals surface area contributed by atoms with Gasteiger partial charge in [0.2, 0.25) is 0 Å². The molecule has 0 radical (unpaired) electrons. The Kier molecular flexibility index (Phi) is 4.50. The number of nitrogens with one attached hydrogen (secondary N) is 1. The lowest BCUT2D eigenvalue weighted by Gasteiger charge is -2.43. The monoisotopic (exact) mass is 456 g/mol. The molecule has 4 aliphatic rings. The molecule has 9 heteroatoms. The summed E-state index contributed by atoms with van der Waals surface area (Å²) in [5.41, 5.74) is 6.31. The van der Waals surface area contributed by atoms with Gasteiger partial charge in [-0.15, -0.1) is 4.40 Å². The van der Waals surface area contributed by atoms with Gasteiger partial charge in [-0.2, -0.15) is 8.42 Å². The van der Waals surface area contributed by atoms with Crippen molar-refractivity contribution in [3.63, 3.8) is 0 Å². The Balaban J connectivity index is 1.60. The summed E-state index contributed by atoms with van der Waals surface area (Å²) in [6, 6.07) is 4.34. The highest BCUT2D eigenvalue weighted by Gasteiger charge is 2.55. The van der Waals surface area contributed by atoms with Gasteiger partial charge in [0.05, 0.1) is 5.69 Å². The molecule has 1 saturated carbocycles. The van der Waals surface area contributed by atoms with Gasteiger partial charge in [-0.05, 0) is 48.3 Å². The molecule has 170 valence electrons. The minimum atomic E-state index is -4.08. The summed E-state index contributed by atoms with van der Waals surface area (Å²) in [5, 5.41) is 14.2. The van der Waals surface area contributed by atoms with Crippen molar-refractivity contribution >= 4 is 33.1 Å². The van der Waals surface area contributed by atoms with Crippen molar-refractivity contribution < 1.29 is 18.3 Å². The number of sulfonamides is 1. The lowest BCUT2D eigenvalue weighted by atomic mass is 9.80. The first-order valence-electron chi connectivity index (χ1n) is 10.9. The fourth-order valence-electron chi connectivity index (χ4n) is 5.35. The Morgan fingerprint density at radius 2 is 1.97 bits per heavy atom. The van der Waals surface area contributed by atoms with E-state index in [0.29, 0.717) is 12.2 Å². The number of carbonyl (C=O) groups is 1. The van der Waals surface area contributed by atoms with Crippen molar-refractivity contribution in [1.29, 1.82) is 0 Å². The number of fused-ring (bicyclic) bond motifs is 6. The number of amides is 1. The predicted molar refractivity (Wildman–Crippen MR) is 123 cm³/mol. The fraction of sp³-hybridized carbons (Fsp3) is 0.478. The Morgan fingerprint density at radius 1 is 1.25 bits per heavy atom. The first-order chi connectivity index (χ1) is 15.0. The van der Waals surface area contributed by atoms with E-state index in [9.17, 15) is 18.3 Å². The number of anilines is 2. The second-order valence-corrected chi connectivity index (χ2v) is 11.9. The van der Waals surface area contributed by atoms with Crippen LogP contribution in [-0.2, 0) is 14.8 Å². The van der Waals surface area contributed by atoms with Crippen LogP contribution in [0.1, 0.15) is 33.6 Å². The summed E-state index contributed by atoms with van der Waals surface area (Å²) in [4.78, 5) is 15.5.